The van der Waals surface area contributed by atoms with Gasteiger partial charge in [-0.25, -0.2) is 4.79 Å². The van der Waals surface area contributed by atoms with Crippen molar-refractivity contribution in [1.29, 1.82) is 0 Å². The molecular formula is C11H13N3O2. The molecule has 0 aliphatic rings. The fraction of sp³-hybridized carbons (Fsp3) is 0.273. The van der Waals surface area contributed by atoms with E-state index in [0.29, 0.717) is 6.42 Å². The first-order valence-electron chi connectivity index (χ1n) is 5.04. The van der Waals surface area contributed by atoms with Gasteiger partial charge in [-0.1, -0.05) is 12.1 Å². The molecule has 0 saturated carbocycles. The fourth-order valence-electron chi connectivity index (χ4n) is 1.76. The monoisotopic (exact) mass is 219 g/mol. The third-order valence-electron chi connectivity index (χ3n) is 2.40. The number of fused-ring (bicyclic) bond motifs is 1. The van der Waals surface area contributed by atoms with Gasteiger partial charge in [0, 0.05) is 11.8 Å². The van der Waals surface area contributed by atoms with E-state index in [0.717, 1.165) is 16.5 Å². The summed E-state index contributed by atoms with van der Waals surface area (Å²) in [6.07, 6.45) is 1.41. The standard InChI is InChI=1S/C11H13N3O2/c1-7(16-11(12)15)5-8-3-2-4-10-9(8)6-13-14-10/h2-4,6-7H,5H2,1H3,(H2,12,15)(H,13,14). The van der Waals surface area contributed by atoms with Gasteiger partial charge in [0.15, 0.2) is 0 Å². The van der Waals surface area contributed by atoms with E-state index in [9.17, 15) is 4.79 Å². The van der Waals surface area contributed by atoms with E-state index >= 15 is 0 Å². The Morgan fingerprint density at radius 3 is 3.19 bits per heavy atom. The van der Waals surface area contributed by atoms with E-state index in [-0.39, 0.29) is 6.10 Å². The largest absolute Gasteiger partial charge is 0.446 e. The fourth-order valence-corrected chi connectivity index (χ4v) is 1.76. The van der Waals surface area contributed by atoms with Gasteiger partial charge < -0.3 is 10.5 Å². The Balaban J connectivity index is 2.20. The summed E-state index contributed by atoms with van der Waals surface area (Å²) < 4.78 is 4.89. The minimum absolute atomic E-state index is 0.238. The van der Waals surface area contributed by atoms with E-state index in [1.54, 1.807) is 6.20 Å². The van der Waals surface area contributed by atoms with Gasteiger partial charge in [-0.2, -0.15) is 5.10 Å². The highest BCUT2D eigenvalue weighted by atomic mass is 16.6. The van der Waals surface area contributed by atoms with Crippen LogP contribution in [-0.4, -0.2) is 22.4 Å². The van der Waals surface area contributed by atoms with Crippen LogP contribution in [0.3, 0.4) is 0 Å². The van der Waals surface area contributed by atoms with Crippen molar-refractivity contribution >= 4 is 17.0 Å². The van der Waals surface area contributed by atoms with Crippen LogP contribution in [0.2, 0.25) is 0 Å². The van der Waals surface area contributed by atoms with Crippen molar-refractivity contribution < 1.29 is 9.53 Å². The normalized spacial score (nSPS) is 12.6. The van der Waals surface area contributed by atoms with Crippen molar-refractivity contribution in [3.63, 3.8) is 0 Å². The van der Waals surface area contributed by atoms with Crippen LogP contribution in [0, 0.1) is 0 Å². The van der Waals surface area contributed by atoms with Gasteiger partial charge >= 0.3 is 6.09 Å². The second-order valence-electron chi connectivity index (χ2n) is 3.70. The molecule has 0 fully saturated rings. The van der Waals surface area contributed by atoms with Crippen LogP contribution in [0.1, 0.15) is 12.5 Å². The van der Waals surface area contributed by atoms with Crippen LogP contribution in [0.25, 0.3) is 10.9 Å². The first-order valence-corrected chi connectivity index (χ1v) is 5.04. The van der Waals surface area contributed by atoms with Gasteiger partial charge in [-0.3, -0.25) is 5.10 Å². The highest BCUT2D eigenvalue weighted by Gasteiger charge is 2.10. The van der Waals surface area contributed by atoms with E-state index < -0.39 is 6.09 Å². The summed E-state index contributed by atoms with van der Waals surface area (Å²) in [6, 6.07) is 5.87. The number of nitrogens with zero attached hydrogens (tertiary/aromatic N) is 1. The maximum atomic E-state index is 10.6. The molecule has 0 aliphatic heterocycles. The lowest BCUT2D eigenvalue weighted by molar-refractivity contribution is 0.116. The van der Waals surface area contributed by atoms with Gasteiger partial charge in [0.05, 0.1) is 11.7 Å². The lowest BCUT2D eigenvalue weighted by atomic mass is 10.0. The van der Waals surface area contributed by atoms with Crippen molar-refractivity contribution in [2.45, 2.75) is 19.4 Å². The predicted molar refractivity (Wildman–Crippen MR) is 59.9 cm³/mol. The molecule has 1 atom stereocenters. The molecule has 0 saturated heterocycles. The SMILES string of the molecule is CC(Cc1cccc2[nH]ncc12)OC(N)=O. The smallest absolute Gasteiger partial charge is 0.404 e. The van der Waals surface area contributed by atoms with E-state index in [1.165, 1.54) is 0 Å². The Labute approximate surface area is 92.6 Å². The minimum atomic E-state index is -0.744. The van der Waals surface area contributed by atoms with Crippen LogP contribution in [0.5, 0.6) is 0 Å². The summed E-state index contributed by atoms with van der Waals surface area (Å²) in [5, 5.41) is 7.91. The molecule has 3 N–H and O–H groups in total. The number of nitrogens with two attached hydrogens (primary N) is 1. The molecule has 5 nitrogen and oxygen atoms in total. The molecule has 16 heavy (non-hydrogen) atoms. The average molecular weight is 219 g/mol. The molecule has 1 aromatic carbocycles. The summed E-state index contributed by atoms with van der Waals surface area (Å²) in [5.41, 5.74) is 7.02. The average Bonchev–Trinajstić information content (AvgIpc) is 2.65. The predicted octanol–water partition coefficient (Wildman–Crippen LogP) is 1.59. The molecule has 1 unspecified atom stereocenters. The first-order chi connectivity index (χ1) is 7.66. The maximum Gasteiger partial charge on any atom is 0.404 e. The molecule has 84 valence electrons. The zero-order valence-electron chi connectivity index (χ0n) is 8.93. The Morgan fingerprint density at radius 2 is 2.44 bits per heavy atom. The summed E-state index contributed by atoms with van der Waals surface area (Å²) >= 11 is 0. The molecule has 0 bridgehead atoms. The van der Waals surface area contributed by atoms with Crippen LogP contribution in [0.15, 0.2) is 24.4 Å². The molecule has 0 spiro atoms. The number of benzene rings is 1. The first kappa shape index (κ1) is 10.5. The quantitative estimate of drug-likeness (QED) is 0.822. The molecule has 5 heteroatoms. The summed E-state index contributed by atoms with van der Waals surface area (Å²) in [6.45, 7) is 1.81. The number of nitrogens with one attached hydrogen (secondary N) is 1. The number of hydrogen-bond acceptors (Lipinski definition) is 3. The van der Waals surface area contributed by atoms with E-state index in [4.69, 9.17) is 10.5 Å². The zero-order valence-corrected chi connectivity index (χ0v) is 8.93. The molecule has 1 aromatic heterocycles. The molecule has 0 radical (unpaired) electrons. The van der Waals surface area contributed by atoms with Crippen LogP contribution >= 0.6 is 0 Å². The van der Waals surface area contributed by atoms with Crippen molar-refractivity contribution in [3.05, 3.63) is 30.0 Å². The van der Waals surface area contributed by atoms with Crippen molar-refractivity contribution in [1.82, 2.24) is 10.2 Å². The third kappa shape index (κ3) is 2.13. The van der Waals surface area contributed by atoms with Crippen LogP contribution in [0.4, 0.5) is 4.79 Å². The molecule has 1 amide bonds. The van der Waals surface area contributed by atoms with Crippen molar-refractivity contribution in [3.8, 4) is 0 Å². The summed E-state index contributed by atoms with van der Waals surface area (Å²) in [4.78, 5) is 10.6. The van der Waals surface area contributed by atoms with Gasteiger partial charge in [-0.15, -0.1) is 0 Å². The number of amides is 1. The number of H-pyrrole nitrogens is 1. The Morgan fingerprint density at radius 1 is 1.62 bits per heavy atom. The number of ether oxygens (including phenoxy) is 1. The van der Waals surface area contributed by atoms with Crippen LogP contribution in [-0.2, 0) is 11.2 Å². The molecule has 0 aliphatic carbocycles. The number of carbonyl (C=O) groups excluding carboxylic acids is 1. The summed E-state index contributed by atoms with van der Waals surface area (Å²) in [5.74, 6) is 0. The lowest BCUT2D eigenvalue weighted by Crippen LogP contribution is -2.21. The molecule has 2 rings (SSSR count). The van der Waals surface area contributed by atoms with Gasteiger partial charge in [0.1, 0.15) is 6.10 Å². The Hall–Kier alpha value is -2.04. The van der Waals surface area contributed by atoms with Gasteiger partial charge in [0.2, 0.25) is 0 Å². The second kappa shape index (κ2) is 4.22. The van der Waals surface area contributed by atoms with Crippen LogP contribution < -0.4 is 5.73 Å². The zero-order chi connectivity index (χ0) is 11.5. The van der Waals surface area contributed by atoms with Crippen molar-refractivity contribution in [2.24, 2.45) is 5.73 Å². The van der Waals surface area contributed by atoms with Crippen molar-refractivity contribution in [2.75, 3.05) is 0 Å². The molecular weight excluding hydrogens is 206 g/mol. The van der Waals surface area contributed by atoms with Gasteiger partial charge in [0.25, 0.3) is 0 Å². The van der Waals surface area contributed by atoms with Gasteiger partial charge in [-0.05, 0) is 18.6 Å². The van der Waals surface area contributed by atoms with E-state index in [1.807, 2.05) is 25.1 Å². The highest BCUT2D eigenvalue weighted by Crippen LogP contribution is 2.18. The number of aromatic amines is 1. The maximum absolute atomic E-state index is 10.6. The Bertz CT molecular complexity index is 507. The minimum Gasteiger partial charge on any atom is -0.446 e. The second-order valence-corrected chi connectivity index (χ2v) is 3.70. The Kier molecular flexibility index (Phi) is 2.76. The van der Waals surface area contributed by atoms with E-state index in [2.05, 4.69) is 10.2 Å². The number of carbonyl (C=O) groups is 1. The molecule has 1 heterocycles. The number of hydrogen-bond donors (Lipinski definition) is 2. The topological polar surface area (TPSA) is 81.0 Å². The lowest BCUT2D eigenvalue weighted by Gasteiger charge is -2.11. The number of rotatable bonds is 3. The highest BCUT2D eigenvalue weighted by molar-refractivity contribution is 5.81. The summed E-state index contributed by atoms with van der Waals surface area (Å²) in [7, 11) is 0. The molecule has 2 aromatic rings. The third-order valence-corrected chi connectivity index (χ3v) is 2.40. The number of primary amides is 1. The number of aromatic nitrogens is 2.